The lowest BCUT2D eigenvalue weighted by Crippen LogP contribution is -2.48. The molecule has 6 rings (SSSR count). The number of aryl methyl sites for hydroxylation is 1. The highest BCUT2D eigenvalue weighted by molar-refractivity contribution is 5.98. The fourth-order valence-electron chi connectivity index (χ4n) is 8.10. The van der Waals surface area contributed by atoms with Crippen LogP contribution >= 0.6 is 12.4 Å². The fourth-order valence-corrected chi connectivity index (χ4v) is 8.10. The Balaban J connectivity index is 0.00000726. The van der Waals surface area contributed by atoms with Gasteiger partial charge in [0, 0.05) is 41.2 Å². The van der Waals surface area contributed by atoms with Crippen molar-refractivity contribution < 1.29 is 41.8 Å². The van der Waals surface area contributed by atoms with Crippen LogP contribution < -0.4 is 21.7 Å². The number of aromatic amines is 1. The van der Waals surface area contributed by atoms with E-state index in [2.05, 4.69) is 50.1 Å². The van der Waals surface area contributed by atoms with Crippen molar-refractivity contribution in [2.24, 2.45) is 17.6 Å². The van der Waals surface area contributed by atoms with Crippen molar-refractivity contribution in [2.75, 3.05) is 26.0 Å². The van der Waals surface area contributed by atoms with E-state index in [4.69, 9.17) is 10.8 Å². The van der Waals surface area contributed by atoms with Gasteiger partial charge in [-0.3, -0.25) is 19.5 Å². The minimum Gasteiger partial charge on any atom is -0.477 e. The third-order valence-electron chi connectivity index (χ3n) is 12.0. The van der Waals surface area contributed by atoms with Crippen LogP contribution in [0.2, 0.25) is 0 Å². The summed E-state index contributed by atoms with van der Waals surface area (Å²) in [6.07, 6.45) is 7.07. The SMILES string of the molecule is Cc1cc(C(=O)NC2CCC(N(C)C)CC2)ccc1-c1ccc(C[C@H](NC(=O)[C@H]2CC[C@H](CN)CC2)C(=O)Nc2ccc(-c3nc(C(F)(F)C(F)(F)C(=O)O)n[nH]3)cc2)cc1.Cl. The zero-order valence-electron chi connectivity index (χ0n) is 34.7. The number of nitrogens with two attached hydrogens (primary N) is 1. The van der Waals surface area contributed by atoms with Gasteiger partial charge < -0.3 is 31.7 Å². The third kappa shape index (κ3) is 11.0. The molecule has 0 bridgehead atoms. The zero-order valence-corrected chi connectivity index (χ0v) is 35.5. The number of aliphatic carboxylic acids is 1. The van der Waals surface area contributed by atoms with Gasteiger partial charge in [-0.05, 0) is 144 Å². The quantitative estimate of drug-likeness (QED) is 0.0704. The first-order valence-electron chi connectivity index (χ1n) is 20.5. The summed E-state index contributed by atoms with van der Waals surface area (Å²) in [4.78, 5) is 56.9. The Labute approximate surface area is 363 Å². The third-order valence-corrected chi connectivity index (χ3v) is 12.0. The molecule has 1 atom stereocenters. The van der Waals surface area contributed by atoms with Gasteiger partial charge in [-0.15, -0.1) is 12.4 Å². The Morgan fingerprint density at radius 3 is 2.10 bits per heavy atom. The number of nitrogens with zero attached hydrogens (tertiary/aromatic N) is 3. The number of nitrogens with one attached hydrogen (secondary N) is 4. The molecule has 2 aliphatic carbocycles. The number of carbonyl (C=O) groups excluding carboxylic acids is 3. The number of benzene rings is 3. The van der Waals surface area contributed by atoms with Gasteiger partial charge in [0.1, 0.15) is 6.04 Å². The van der Waals surface area contributed by atoms with Crippen LogP contribution in [0.3, 0.4) is 0 Å². The van der Waals surface area contributed by atoms with Crippen LogP contribution in [0.5, 0.6) is 0 Å². The first-order valence-corrected chi connectivity index (χ1v) is 20.5. The van der Waals surface area contributed by atoms with Gasteiger partial charge in [-0.25, -0.2) is 9.78 Å². The van der Waals surface area contributed by atoms with Gasteiger partial charge in [0.15, 0.2) is 5.82 Å². The molecule has 2 fully saturated rings. The topological polar surface area (TPSA) is 195 Å². The number of hydrogen-bond donors (Lipinski definition) is 6. The summed E-state index contributed by atoms with van der Waals surface area (Å²) in [6.45, 7) is 2.51. The average molecular weight is 885 g/mol. The number of hydrogen-bond acceptors (Lipinski definition) is 8. The smallest absolute Gasteiger partial charge is 0.411 e. The molecular formula is C44H53ClF4N8O5. The van der Waals surface area contributed by atoms with Crippen LogP contribution in [-0.2, 0) is 26.7 Å². The number of alkyl halides is 4. The van der Waals surface area contributed by atoms with Gasteiger partial charge in [0.2, 0.25) is 17.6 Å². The second-order valence-corrected chi connectivity index (χ2v) is 16.4. The molecule has 1 aromatic heterocycles. The standard InChI is InChI=1S/C44H52F4N8O5.ClH/c1-25-22-31(39(58)50-33-17-19-34(20-18-33)56(2)3)14-21-35(25)28-8-4-26(5-9-28)23-36(52-38(57)30-10-6-27(24-49)7-11-30)40(59)51-32-15-12-29(13-16-32)37-53-41(55-54-37)43(45,46)44(47,48)42(60)61;/h4-5,8-9,12-16,21-22,27,30,33-34,36H,6-7,10-11,17-20,23-24,49H2,1-3H3,(H,50,58)(H,51,59)(H,52,57)(H,60,61)(H,53,54,55);1H/t27-,30-,33?,34?,36-;/m0./s1. The number of carboxylic acid groups (broad SMARTS) is 1. The van der Waals surface area contributed by atoms with Crippen molar-refractivity contribution in [1.29, 1.82) is 0 Å². The highest BCUT2D eigenvalue weighted by Gasteiger charge is 2.66. The van der Waals surface area contributed by atoms with Gasteiger partial charge in [-0.1, -0.05) is 30.3 Å². The van der Waals surface area contributed by atoms with Crippen LogP contribution in [0.25, 0.3) is 22.5 Å². The summed E-state index contributed by atoms with van der Waals surface area (Å²) in [7, 11) is 4.18. The molecule has 62 heavy (non-hydrogen) atoms. The van der Waals surface area contributed by atoms with Gasteiger partial charge >= 0.3 is 17.8 Å². The Morgan fingerprint density at radius 1 is 0.887 bits per heavy atom. The first-order chi connectivity index (χ1) is 29.0. The predicted octanol–water partition coefficient (Wildman–Crippen LogP) is 6.71. The Hall–Kier alpha value is -5.39. The molecular weight excluding hydrogens is 832 g/mol. The van der Waals surface area contributed by atoms with E-state index in [1.54, 1.807) is 0 Å². The molecule has 0 radical (unpaired) electrons. The van der Waals surface area contributed by atoms with E-state index in [-0.39, 0.29) is 59.7 Å². The monoisotopic (exact) mass is 884 g/mol. The lowest BCUT2D eigenvalue weighted by Gasteiger charge is -2.33. The average Bonchev–Trinajstić information content (AvgIpc) is 3.75. The molecule has 0 spiro atoms. The maximum atomic E-state index is 14.3. The normalized spacial score (nSPS) is 19.8. The number of carboxylic acids is 1. The van der Waals surface area contributed by atoms with E-state index < -0.39 is 35.6 Å². The molecule has 2 aliphatic rings. The fraction of sp³-hybridized carbons (Fsp3) is 0.455. The van der Waals surface area contributed by atoms with E-state index in [1.807, 2.05) is 49.4 Å². The van der Waals surface area contributed by atoms with Gasteiger partial charge in [-0.2, -0.15) is 22.7 Å². The molecule has 334 valence electrons. The summed E-state index contributed by atoms with van der Waals surface area (Å²) in [5.74, 6) is -16.5. The predicted molar refractivity (Wildman–Crippen MR) is 228 cm³/mol. The molecule has 3 amide bonds. The van der Waals surface area contributed by atoms with Gasteiger partial charge in [0.25, 0.3) is 5.91 Å². The number of halogens is 5. The summed E-state index contributed by atoms with van der Waals surface area (Å²) in [5.41, 5.74) is 10.4. The largest absolute Gasteiger partial charge is 0.477 e. The highest BCUT2D eigenvalue weighted by atomic mass is 35.5. The molecule has 1 heterocycles. The number of H-pyrrole nitrogens is 1. The molecule has 0 aliphatic heterocycles. The Kier molecular flexibility index (Phi) is 15.5. The van der Waals surface area contributed by atoms with E-state index in [0.717, 1.165) is 60.8 Å². The maximum absolute atomic E-state index is 14.3. The second-order valence-electron chi connectivity index (χ2n) is 16.4. The molecule has 4 aromatic rings. The number of carbonyl (C=O) groups is 4. The first kappa shape index (κ1) is 47.7. The summed E-state index contributed by atoms with van der Waals surface area (Å²) >= 11 is 0. The number of anilines is 1. The van der Waals surface area contributed by atoms with E-state index >= 15 is 0 Å². The minimum absolute atomic E-state index is 0. The van der Waals surface area contributed by atoms with Crippen molar-refractivity contribution in [3.05, 3.63) is 89.2 Å². The highest BCUT2D eigenvalue weighted by Crippen LogP contribution is 2.42. The lowest BCUT2D eigenvalue weighted by atomic mass is 9.81. The summed E-state index contributed by atoms with van der Waals surface area (Å²) < 4.78 is 55.9. The maximum Gasteiger partial charge on any atom is 0.411 e. The van der Waals surface area contributed by atoms with E-state index in [1.165, 1.54) is 24.3 Å². The zero-order chi connectivity index (χ0) is 44.1. The summed E-state index contributed by atoms with van der Waals surface area (Å²) in [5, 5.41) is 22.8. The number of rotatable bonds is 15. The Morgan fingerprint density at radius 2 is 1.52 bits per heavy atom. The van der Waals surface area contributed by atoms with Crippen LogP contribution in [-0.4, -0.2) is 93.6 Å². The van der Waals surface area contributed by atoms with Crippen molar-refractivity contribution in [2.45, 2.75) is 94.7 Å². The Bertz CT molecular complexity index is 2190. The van der Waals surface area contributed by atoms with Crippen molar-refractivity contribution >= 4 is 41.8 Å². The molecule has 0 saturated heterocycles. The molecule has 13 nitrogen and oxygen atoms in total. The van der Waals surface area contributed by atoms with E-state index in [0.29, 0.717) is 36.9 Å². The van der Waals surface area contributed by atoms with Crippen molar-refractivity contribution in [3.63, 3.8) is 0 Å². The van der Waals surface area contributed by atoms with Crippen LogP contribution in [0, 0.1) is 18.8 Å². The van der Waals surface area contributed by atoms with Crippen LogP contribution in [0.15, 0.2) is 66.7 Å². The van der Waals surface area contributed by atoms with E-state index in [9.17, 15) is 36.7 Å². The molecule has 2 saturated carbocycles. The summed E-state index contributed by atoms with van der Waals surface area (Å²) in [6, 6.07) is 18.6. The second kappa shape index (κ2) is 20.2. The lowest BCUT2D eigenvalue weighted by molar-refractivity contribution is -0.231. The minimum atomic E-state index is -5.45. The van der Waals surface area contributed by atoms with Crippen molar-refractivity contribution in [3.8, 4) is 22.5 Å². The molecule has 3 aromatic carbocycles. The van der Waals surface area contributed by atoms with Crippen LogP contribution in [0.4, 0.5) is 23.2 Å². The number of aromatic nitrogens is 3. The van der Waals surface area contributed by atoms with Crippen LogP contribution in [0.1, 0.15) is 78.7 Å². The molecule has 18 heteroatoms. The van der Waals surface area contributed by atoms with Gasteiger partial charge in [0.05, 0.1) is 0 Å². The molecule has 7 N–H and O–H groups in total. The number of amides is 3. The van der Waals surface area contributed by atoms with Crippen molar-refractivity contribution in [1.82, 2.24) is 30.7 Å². The molecule has 0 unspecified atom stereocenters.